The molecule has 0 spiro atoms. The van der Waals surface area contributed by atoms with Crippen LogP contribution in [0.2, 0.25) is 5.02 Å². The van der Waals surface area contributed by atoms with Gasteiger partial charge in [0.1, 0.15) is 5.75 Å². The maximum atomic E-state index is 13.7. The fourth-order valence-corrected chi connectivity index (χ4v) is 4.86. The summed E-state index contributed by atoms with van der Waals surface area (Å²) in [6, 6.07) is 10.5. The van der Waals surface area contributed by atoms with Crippen LogP contribution in [-0.4, -0.2) is 36.2 Å². The fourth-order valence-electron chi connectivity index (χ4n) is 4.00. The van der Waals surface area contributed by atoms with Crippen LogP contribution in [0.25, 0.3) is 0 Å². The Morgan fingerprint density at radius 2 is 1.90 bits per heavy atom. The van der Waals surface area contributed by atoms with E-state index in [1.165, 1.54) is 30.3 Å². The molecule has 1 fully saturated rings. The Morgan fingerprint density at radius 3 is 2.51 bits per heavy atom. The Morgan fingerprint density at radius 1 is 1.21 bits per heavy atom. The normalized spacial score (nSPS) is 17.8. The number of nitrogens with zero attached hydrogens (tertiary/aromatic N) is 3. The van der Waals surface area contributed by atoms with Gasteiger partial charge in [-0.25, -0.2) is 18.8 Å². The van der Waals surface area contributed by atoms with Gasteiger partial charge in [0.2, 0.25) is 11.7 Å². The molecule has 10 nitrogen and oxygen atoms in total. The van der Waals surface area contributed by atoms with Gasteiger partial charge in [-0.1, -0.05) is 23.7 Å². The van der Waals surface area contributed by atoms with E-state index < -0.39 is 50.9 Å². The van der Waals surface area contributed by atoms with Gasteiger partial charge >= 0.3 is 6.18 Å². The number of carbonyl (C=O) groups excluding carboxylic acids is 1. The monoisotopic (exact) mass is 581 g/mol. The highest BCUT2D eigenvalue weighted by Gasteiger charge is 2.39. The minimum atomic E-state index is -5.02. The number of aromatic nitrogens is 2. The predicted octanol–water partition coefficient (Wildman–Crippen LogP) is 3.16. The number of amides is 1. The standard InChI is InChI=1S/C24H19ClF3N5O5S/c1-39(36,37)18-4-2-14(3-5-18)19-9-16(31-32-22(19)34)11-33-12-30-21(24(26,27)28)20(23(33)35)38-17-7-13(10-29)6-15(25)8-17/h2-8,12,16,19,31H,9,11H2,1H3,(H,32,34). The summed E-state index contributed by atoms with van der Waals surface area (Å²) in [6.07, 6.45) is -3.11. The van der Waals surface area contributed by atoms with Crippen molar-refractivity contribution in [2.45, 2.75) is 36.0 Å². The lowest BCUT2D eigenvalue weighted by atomic mass is 9.90. The summed E-state index contributed by atoms with van der Waals surface area (Å²) in [7, 11) is -3.44. The predicted molar refractivity (Wildman–Crippen MR) is 132 cm³/mol. The Kier molecular flexibility index (Phi) is 7.69. The molecule has 1 amide bonds. The largest absolute Gasteiger partial charge is 0.449 e. The summed E-state index contributed by atoms with van der Waals surface area (Å²) in [4.78, 5) is 29.1. The molecular weight excluding hydrogens is 563 g/mol. The maximum Gasteiger partial charge on any atom is 0.437 e. The first-order valence-corrected chi connectivity index (χ1v) is 13.4. The van der Waals surface area contributed by atoms with E-state index in [9.17, 15) is 31.2 Å². The Hall–Kier alpha value is -3.93. The van der Waals surface area contributed by atoms with E-state index in [0.717, 1.165) is 29.3 Å². The molecule has 4 rings (SSSR count). The lowest BCUT2D eigenvalue weighted by Crippen LogP contribution is -2.54. The highest BCUT2D eigenvalue weighted by molar-refractivity contribution is 7.90. The van der Waals surface area contributed by atoms with Crippen molar-refractivity contribution in [2.24, 2.45) is 0 Å². The summed E-state index contributed by atoms with van der Waals surface area (Å²) in [6.45, 7) is -0.197. The van der Waals surface area contributed by atoms with Gasteiger partial charge in [-0.15, -0.1) is 0 Å². The van der Waals surface area contributed by atoms with Crippen LogP contribution in [0.5, 0.6) is 11.5 Å². The van der Waals surface area contributed by atoms with Crippen molar-refractivity contribution < 1.29 is 31.1 Å². The molecule has 2 heterocycles. The smallest absolute Gasteiger partial charge is 0.437 e. The van der Waals surface area contributed by atoms with Crippen LogP contribution in [0.1, 0.15) is 29.2 Å². The van der Waals surface area contributed by atoms with Crippen molar-refractivity contribution in [3.05, 3.63) is 81.0 Å². The number of hydrogen-bond donors (Lipinski definition) is 2. The van der Waals surface area contributed by atoms with E-state index >= 15 is 0 Å². The molecule has 0 bridgehead atoms. The second-order valence-electron chi connectivity index (χ2n) is 8.73. The van der Waals surface area contributed by atoms with Crippen LogP contribution in [-0.2, 0) is 27.4 Å². The van der Waals surface area contributed by atoms with Crippen molar-refractivity contribution in [3.8, 4) is 17.6 Å². The number of nitriles is 1. The first kappa shape index (κ1) is 28.1. The molecule has 1 aromatic heterocycles. The third kappa shape index (κ3) is 6.39. The highest BCUT2D eigenvalue weighted by atomic mass is 35.5. The average Bonchev–Trinajstić information content (AvgIpc) is 2.86. The molecule has 2 atom stereocenters. The molecule has 0 saturated carbocycles. The Labute approximate surface area is 224 Å². The number of carbonyl (C=O) groups is 1. The van der Waals surface area contributed by atoms with Crippen molar-refractivity contribution in [3.63, 3.8) is 0 Å². The number of alkyl halides is 3. The number of benzene rings is 2. The minimum Gasteiger partial charge on any atom is -0.449 e. The SMILES string of the molecule is CS(=O)(=O)c1ccc(C2CC(Cn3cnc(C(F)(F)F)c(Oc4cc(Cl)cc(C#N)c4)c3=O)NNC2=O)cc1. The number of hydrogen-bond acceptors (Lipinski definition) is 8. The molecule has 39 heavy (non-hydrogen) atoms. The first-order chi connectivity index (χ1) is 18.3. The molecule has 2 unspecified atom stereocenters. The van der Waals surface area contributed by atoms with Gasteiger partial charge in [-0.2, -0.15) is 18.4 Å². The average molecular weight is 582 g/mol. The van der Waals surface area contributed by atoms with E-state index in [4.69, 9.17) is 21.6 Å². The zero-order valence-corrected chi connectivity index (χ0v) is 21.6. The van der Waals surface area contributed by atoms with Crippen molar-refractivity contribution in [1.29, 1.82) is 5.26 Å². The summed E-state index contributed by atoms with van der Waals surface area (Å²) in [5, 5.41) is 9.12. The Balaban J connectivity index is 1.63. The van der Waals surface area contributed by atoms with Gasteiger partial charge in [0.05, 0.1) is 28.8 Å². The molecule has 1 saturated heterocycles. The number of rotatable bonds is 6. The molecule has 0 radical (unpaired) electrons. The topological polar surface area (TPSA) is 143 Å². The van der Waals surface area contributed by atoms with Gasteiger partial charge in [-0.3, -0.25) is 19.6 Å². The summed E-state index contributed by atoms with van der Waals surface area (Å²) >= 11 is 5.91. The first-order valence-electron chi connectivity index (χ1n) is 11.2. The molecule has 2 N–H and O–H groups in total. The van der Waals surface area contributed by atoms with E-state index in [0.29, 0.717) is 5.56 Å². The molecule has 2 aromatic carbocycles. The molecule has 1 aliphatic rings. The number of nitrogens with one attached hydrogen (secondary N) is 2. The highest BCUT2D eigenvalue weighted by Crippen LogP contribution is 2.35. The zero-order valence-electron chi connectivity index (χ0n) is 20.0. The molecule has 3 aromatic rings. The van der Waals surface area contributed by atoms with Gasteiger partial charge in [0.25, 0.3) is 5.56 Å². The number of ether oxygens (including phenoxy) is 1. The minimum absolute atomic E-state index is 0.00744. The molecule has 0 aliphatic carbocycles. The number of halogens is 4. The summed E-state index contributed by atoms with van der Waals surface area (Å²) in [5.74, 6) is -2.50. The van der Waals surface area contributed by atoms with E-state index in [2.05, 4.69) is 15.8 Å². The van der Waals surface area contributed by atoms with Crippen LogP contribution in [0.3, 0.4) is 0 Å². The van der Waals surface area contributed by atoms with Gasteiger partial charge < -0.3 is 4.74 Å². The van der Waals surface area contributed by atoms with Gasteiger partial charge in [0, 0.05) is 23.9 Å². The number of sulfone groups is 1. The van der Waals surface area contributed by atoms with E-state index in [1.807, 2.05) is 0 Å². The van der Waals surface area contributed by atoms with Crippen molar-refractivity contribution in [1.82, 2.24) is 20.4 Å². The molecule has 204 valence electrons. The van der Waals surface area contributed by atoms with Crippen LogP contribution < -0.4 is 21.1 Å². The van der Waals surface area contributed by atoms with Crippen LogP contribution >= 0.6 is 11.6 Å². The van der Waals surface area contributed by atoms with E-state index in [-0.39, 0.29) is 34.2 Å². The second kappa shape index (κ2) is 10.7. The van der Waals surface area contributed by atoms with Crippen LogP contribution in [0.15, 0.2) is 58.5 Å². The van der Waals surface area contributed by atoms with Gasteiger partial charge in [0.15, 0.2) is 15.5 Å². The lowest BCUT2D eigenvalue weighted by molar-refractivity contribution is -0.142. The molecular formula is C24H19ClF3N5O5S. The number of hydrazine groups is 1. The van der Waals surface area contributed by atoms with Crippen molar-refractivity contribution in [2.75, 3.05) is 6.26 Å². The van der Waals surface area contributed by atoms with Gasteiger partial charge in [-0.05, 0) is 42.3 Å². The lowest BCUT2D eigenvalue weighted by Gasteiger charge is -2.31. The zero-order chi connectivity index (χ0) is 28.5. The summed E-state index contributed by atoms with van der Waals surface area (Å²) < 4.78 is 70.6. The molecule has 1 aliphatic heterocycles. The fraction of sp³-hybridized carbons (Fsp3) is 0.250. The quantitative estimate of drug-likeness (QED) is 0.452. The Bertz CT molecular complexity index is 1640. The third-order valence-corrected chi connectivity index (χ3v) is 7.20. The maximum absolute atomic E-state index is 13.7. The van der Waals surface area contributed by atoms with Crippen LogP contribution in [0, 0.1) is 11.3 Å². The second-order valence-corrected chi connectivity index (χ2v) is 11.2. The third-order valence-electron chi connectivity index (χ3n) is 5.85. The van der Waals surface area contributed by atoms with Crippen molar-refractivity contribution >= 4 is 27.3 Å². The summed E-state index contributed by atoms with van der Waals surface area (Å²) in [5.41, 5.74) is 3.01. The molecule has 15 heteroatoms. The van der Waals surface area contributed by atoms with Crippen LogP contribution in [0.4, 0.5) is 13.2 Å². The van der Waals surface area contributed by atoms with E-state index in [1.54, 1.807) is 6.07 Å².